The summed E-state index contributed by atoms with van der Waals surface area (Å²) in [5, 5.41) is 0. The Labute approximate surface area is 73.9 Å². The standard InChI is InChI=1S/C10H16O2/c1-4-8-5-9(11-2)7-10(6-8)12-3/h5-6,9H,4,7H2,1-3H3. The fourth-order valence-corrected chi connectivity index (χ4v) is 1.32. The molecular weight excluding hydrogens is 152 g/mol. The molecule has 2 heteroatoms. The molecule has 1 aliphatic carbocycles. The maximum Gasteiger partial charge on any atom is 0.0987 e. The molecule has 0 heterocycles. The van der Waals surface area contributed by atoms with Crippen molar-refractivity contribution in [2.45, 2.75) is 25.9 Å². The Hall–Kier alpha value is -0.760. The highest BCUT2D eigenvalue weighted by atomic mass is 16.5. The molecule has 0 saturated heterocycles. The number of hydrogen-bond acceptors (Lipinski definition) is 2. The zero-order valence-corrected chi connectivity index (χ0v) is 7.96. The predicted octanol–water partition coefficient (Wildman–Crippen LogP) is 2.27. The first kappa shape index (κ1) is 9.33. The summed E-state index contributed by atoms with van der Waals surface area (Å²) in [7, 11) is 3.43. The van der Waals surface area contributed by atoms with Crippen LogP contribution in [0.15, 0.2) is 23.5 Å². The Morgan fingerprint density at radius 1 is 1.50 bits per heavy atom. The summed E-state index contributed by atoms with van der Waals surface area (Å²) in [6, 6.07) is 0. The van der Waals surface area contributed by atoms with Crippen LogP contribution >= 0.6 is 0 Å². The van der Waals surface area contributed by atoms with E-state index in [1.54, 1.807) is 14.2 Å². The Bertz CT molecular complexity index is 204. The summed E-state index contributed by atoms with van der Waals surface area (Å²) in [5.74, 6) is 1.02. The molecule has 0 N–H and O–H groups in total. The third kappa shape index (κ3) is 2.11. The van der Waals surface area contributed by atoms with Gasteiger partial charge in [-0.25, -0.2) is 0 Å². The second kappa shape index (κ2) is 4.31. The number of methoxy groups -OCH3 is 2. The van der Waals surface area contributed by atoms with Crippen molar-refractivity contribution in [2.24, 2.45) is 0 Å². The zero-order chi connectivity index (χ0) is 8.97. The summed E-state index contributed by atoms with van der Waals surface area (Å²) in [6.07, 6.45) is 6.33. The Morgan fingerprint density at radius 3 is 2.75 bits per heavy atom. The van der Waals surface area contributed by atoms with Crippen LogP contribution in [-0.4, -0.2) is 20.3 Å². The van der Waals surface area contributed by atoms with Crippen LogP contribution in [0.1, 0.15) is 19.8 Å². The minimum atomic E-state index is 0.194. The molecule has 0 spiro atoms. The van der Waals surface area contributed by atoms with E-state index < -0.39 is 0 Å². The lowest BCUT2D eigenvalue weighted by Gasteiger charge is -2.19. The normalized spacial score (nSPS) is 23.1. The molecule has 0 aromatic carbocycles. The first-order valence-electron chi connectivity index (χ1n) is 4.28. The van der Waals surface area contributed by atoms with Gasteiger partial charge in [-0.15, -0.1) is 0 Å². The highest BCUT2D eigenvalue weighted by Crippen LogP contribution is 2.21. The van der Waals surface area contributed by atoms with Crippen molar-refractivity contribution in [1.82, 2.24) is 0 Å². The zero-order valence-electron chi connectivity index (χ0n) is 7.96. The van der Waals surface area contributed by atoms with Gasteiger partial charge in [0.1, 0.15) is 0 Å². The fraction of sp³-hybridized carbons (Fsp3) is 0.600. The van der Waals surface area contributed by atoms with Gasteiger partial charge in [-0.1, -0.05) is 13.0 Å². The lowest BCUT2D eigenvalue weighted by atomic mass is 10.0. The molecule has 0 aromatic heterocycles. The summed E-state index contributed by atoms with van der Waals surface area (Å²) in [5.41, 5.74) is 1.30. The van der Waals surface area contributed by atoms with E-state index in [2.05, 4.69) is 19.1 Å². The first-order chi connectivity index (χ1) is 5.80. The van der Waals surface area contributed by atoms with Gasteiger partial charge < -0.3 is 9.47 Å². The quantitative estimate of drug-likeness (QED) is 0.643. The molecule has 1 atom stereocenters. The van der Waals surface area contributed by atoms with Crippen LogP contribution in [0, 0.1) is 0 Å². The topological polar surface area (TPSA) is 18.5 Å². The van der Waals surface area contributed by atoms with Crippen molar-refractivity contribution in [2.75, 3.05) is 14.2 Å². The number of rotatable bonds is 3. The first-order valence-corrected chi connectivity index (χ1v) is 4.28. The van der Waals surface area contributed by atoms with E-state index >= 15 is 0 Å². The van der Waals surface area contributed by atoms with Gasteiger partial charge in [-0.05, 0) is 18.1 Å². The average molecular weight is 168 g/mol. The van der Waals surface area contributed by atoms with E-state index in [1.807, 2.05) is 0 Å². The minimum Gasteiger partial charge on any atom is -0.501 e. The molecule has 0 bridgehead atoms. The van der Waals surface area contributed by atoms with Crippen molar-refractivity contribution < 1.29 is 9.47 Å². The maximum atomic E-state index is 5.26. The van der Waals surface area contributed by atoms with Crippen molar-refractivity contribution >= 4 is 0 Å². The summed E-state index contributed by atoms with van der Waals surface area (Å²) in [6.45, 7) is 2.13. The van der Waals surface area contributed by atoms with Gasteiger partial charge in [0.2, 0.25) is 0 Å². The monoisotopic (exact) mass is 168 g/mol. The highest BCUT2D eigenvalue weighted by molar-refractivity contribution is 5.27. The van der Waals surface area contributed by atoms with Crippen molar-refractivity contribution in [3.8, 4) is 0 Å². The van der Waals surface area contributed by atoms with E-state index in [4.69, 9.17) is 9.47 Å². The lowest BCUT2D eigenvalue weighted by Crippen LogP contribution is -2.13. The summed E-state index contributed by atoms with van der Waals surface area (Å²) in [4.78, 5) is 0. The van der Waals surface area contributed by atoms with Crippen molar-refractivity contribution in [3.63, 3.8) is 0 Å². The number of ether oxygens (including phenoxy) is 2. The van der Waals surface area contributed by atoms with E-state index in [0.29, 0.717) is 0 Å². The van der Waals surface area contributed by atoms with Gasteiger partial charge in [0.05, 0.1) is 19.0 Å². The molecule has 12 heavy (non-hydrogen) atoms. The third-order valence-corrected chi connectivity index (χ3v) is 2.12. The molecule has 2 nitrogen and oxygen atoms in total. The van der Waals surface area contributed by atoms with Gasteiger partial charge in [-0.2, -0.15) is 0 Å². The second-order valence-corrected chi connectivity index (χ2v) is 2.89. The molecule has 0 fully saturated rings. The molecular formula is C10H16O2. The number of hydrogen-bond donors (Lipinski definition) is 0. The Morgan fingerprint density at radius 2 is 2.25 bits per heavy atom. The largest absolute Gasteiger partial charge is 0.501 e. The van der Waals surface area contributed by atoms with Crippen LogP contribution < -0.4 is 0 Å². The average Bonchev–Trinajstić information content (AvgIpc) is 2.16. The lowest BCUT2D eigenvalue weighted by molar-refractivity contribution is 0.120. The summed E-state index contributed by atoms with van der Waals surface area (Å²) < 4.78 is 10.5. The van der Waals surface area contributed by atoms with Gasteiger partial charge in [-0.3, -0.25) is 0 Å². The van der Waals surface area contributed by atoms with E-state index in [0.717, 1.165) is 18.6 Å². The van der Waals surface area contributed by atoms with Crippen LogP contribution in [0.25, 0.3) is 0 Å². The second-order valence-electron chi connectivity index (χ2n) is 2.89. The van der Waals surface area contributed by atoms with Gasteiger partial charge in [0.15, 0.2) is 0 Å². The molecule has 1 rings (SSSR count). The van der Waals surface area contributed by atoms with E-state index in [9.17, 15) is 0 Å². The third-order valence-electron chi connectivity index (χ3n) is 2.12. The SMILES string of the molecule is CCC1=CC(OC)CC(OC)=C1. The van der Waals surface area contributed by atoms with Crippen LogP contribution in [0.4, 0.5) is 0 Å². The van der Waals surface area contributed by atoms with Crippen LogP contribution in [0.3, 0.4) is 0 Å². The fourth-order valence-electron chi connectivity index (χ4n) is 1.32. The summed E-state index contributed by atoms with van der Waals surface area (Å²) >= 11 is 0. The molecule has 0 aromatic rings. The minimum absolute atomic E-state index is 0.194. The predicted molar refractivity (Wildman–Crippen MR) is 48.9 cm³/mol. The molecule has 1 aliphatic rings. The molecule has 0 saturated carbocycles. The Balaban J connectivity index is 2.70. The number of allylic oxidation sites excluding steroid dienone is 2. The van der Waals surface area contributed by atoms with Gasteiger partial charge in [0.25, 0.3) is 0 Å². The van der Waals surface area contributed by atoms with Crippen LogP contribution in [0.2, 0.25) is 0 Å². The molecule has 1 unspecified atom stereocenters. The smallest absolute Gasteiger partial charge is 0.0987 e. The van der Waals surface area contributed by atoms with Gasteiger partial charge >= 0.3 is 0 Å². The van der Waals surface area contributed by atoms with Gasteiger partial charge in [0, 0.05) is 13.5 Å². The van der Waals surface area contributed by atoms with Crippen molar-refractivity contribution in [3.05, 3.63) is 23.5 Å². The highest BCUT2D eigenvalue weighted by Gasteiger charge is 2.13. The van der Waals surface area contributed by atoms with E-state index in [1.165, 1.54) is 5.57 Å². The molecule has 68 valence electrons. The maximum absolute atomic E-state index is 5.26. The van der Waals surface area contributed by atoms with Crippen LogP contribution in [0.5, 0.6) is 0 Å². The van der Waals surface area contributed by atoms with Crippen LogP contribution in [-0.2, 0) is 9.47 Å². The Kier molecular flexibility index (Phi) is 3.35. The molecule has 0 aliphatic heterocycles. The van der Waals surface area contributed by atoms with E-state index in [-0.39, 0.29) is 6.10 Å². The molecule has 0 amide bonds. The molecule has 0 radical (unpaired) electrons. The van der Waals surface area contributed by atoms with Crippen molar-refractivity contribution in [1.29, 1.82) is 0 Å².